The third-order valence-corrected chi connectivity index (χ3v) is 5.55. The maximum Gasteiger partial charge on any atom is 0.0666 e. The van der Waals surface area contributed by atoms with E-state index in [9.17, 15) is 0 Å². The topological polar surface area (TPSA) is 12.4 Å². The van der Waals surface area contributed by atoms with Gasteiger partial charge in [-0.05, 0) is 78.6 Å². The molecule has 2 aromatic rings. The van der Waals surface area contributed by atoms with Gasteiger partial charge in [-0.25, -0.2) is 0 Å². The number of fused-ring (bicyclic) bond motifs is 1. The van der Waals surface area contributed by atoms with Gasteiger partial charge in [0, 0.05) is 27.2 Å². The lowest BCUT2D eigenvalue weighted by molar-refractivity contribution is 0.371. The molecule has 0 unspecified atom stereocenters. The minimum Gasteiger partial charge on any atom is -0.257 e. The fourth-order valence-electron chi connectivity index (χ4n) is 3.43. The van der Waals surface area contributed by atoms with Crippen molar-refractivity contribution in [2.24, 2.45) is 16.8 Å². The van der Waals surface area contributed by atoms with Crippen molar-refractivity contribution in [2.75, 3.05) is 0 Å². The van der Waals surface area contributed by atoms with E-state index in [4.69, 9.17) is 39.8 Å². The van der Waals surface area contributed by atoms with Gasteiger partial charge in [-0.1, -0.05) is 48.7 Å². The molecule has 0 fully saturated rings. The fraction of sp³-hybridized carbons (Fsp3) is 0.381. The summed E-state index contributed by atoms with van der Waals surface area (Å²) in [5.41, 5.74) is 4.78. The first kappa shape index (κ1) is 18.8. The van der Waals surface area contributed by atoms with Crippen LogP contribution in [0, 0.1) is 11.8 Å². The Kier molecular flexibility index (Phi) is 6.09. The van der Waals surface area contributed by atoms with Crippen molar-refractivity contribution in [1.29, 1.82) is 0 Å². The van der Waals surface area contributed by atoms with Crippen molar-refractivity contribution in [1.82, 2.24) is 0 Å². The van der Waals surface area contributed by atoms with E-state index in [-0.39, 0.29) is 0 Å². The molecule has 4 heteroatoms. The molecule has 0 aromatic heterocycles. The average molecular weight is 395 g/mol. The van der Waals surface area contributed by atoms with E-state index in [1.807, 2.05) is 30.3 Å². The molecular formula is C21H22Cl3N. The van der Waals surface area contributed by atoms with Gasteiger partial charge < -0.3 is 0 Å². The first-order valence-corrected chi connectivity index (χ1v) is 9.84. The van der Waals surface area contributed by atoms with Crippen molar-refractivity contribution in [3.8, 4) is 0 Å². The molecule has 0 aliphatic carbocycles. The maximum atomic E-state index is 6.12. The molecule has 1 aliphatic heterocycles. The maximum absolute atomic E-state index is 6.12. The molecule has 0 saturated heterocycles. The minimum atomic E-state index is 0.585. The number of aliphatic imine (C=N–C) groups is 1. The predicted molar refractivity (Wildman–Crippen MR) is 110 cm³/mol. The molecule has 1 atom stereocenters. The molecule has 0 saturated carbocycles. The Labute approximate surface area is 165 Å². The second-order valence-corrected chi connectivity index (χ2v) is 8.46. The standard InChI is InChI=1S/C21H22Cl3N/c1-13(2)15(4-3-14-7-18(23)12-19(24)8-14)10-20-11-16-9-17(22)5-6-21(16)25-20/h5-9,12-13,15H,3-4,10-11H2,1-2H3/t15-/m1/s1. The number of nitrogens with zero attached hydrogens (tertiary/aromatic N) is 1. The van der Waals surface area contributed by atoms with Crippen LogP contribution in [0.15, 0.2) is 41.4 Å². The lowest BCUT2D eigenvalue weighted by atomic mass is 9.85. The summed E-state index contributed by atoms with van der Waals surface area (Å²) in [5, 5.41) is 2.20. The molecular weight excluding hydrogens is 373 g/mol. The number of hydrogen-bond donors (Lipinski definition) is 0. The Hall–Kier alpha value is -1.02. The van der Waals surface area contributed by atoms with Gasteiger partial charge in [0.15, 0.2) is 0 Å². The quantitative estimate of drug-likeness (QED) is 0.479. The van der Waals surface area contributed by atoms with Gasteiger partial charge >= 0.3 is 0 Å². The van der Waals surface area contributed by atoms with Crippen LogP contribution in [-0.4, -0.2) is 5.71 Å². The van der Waals surface area contributed by atoms with Crippen LogP contribution in [0.25, 0.3) is 0 Å². The first-order chi connectivity index (χ1) is 11.9. The SMILES string of the molecule is CC(C)[C@H](CCc1cc(Cl)cc(Cl)c1)CC1=Nc2ccc(Cl)cc2C1. The van der Waals surface area contributed by atoms with E-state index in [2.05, 4.69) is 13.8 Å². The highest BCUT2D eigenvalue weighted by Gasteiger charge is 2.21. The zero-order valence-corrected chi connectivity index (χ0v) is 16.8. The first-order valence-electron chi connectivity index (χ1n) is 8.70. The van der Waals surface area contributed by atoms with Crippen LogP contribution in [0.2, 0.25) is 15.1 Å². The van der Waals surface area contributed by atoms with Gasteiger partial charge in [-0.3, -0.25) is 4.99 Å². The van der Waals surface area contributed by atoms with E-state index in [1.165, 1.54) is 16.8 Å². The second kappa shape index (κ2) is 8.12. The number of rotatable bonds is 6. The van der Waals surface area contributed by atoms with E-state index in [0.717, 1.165) is 36.4 Å². The van der Waals surface area contributed by atoms with Crippen molar-refractivity contribution in [3.05, 3.63) is 62.6 Å². The van der Waals surface area contributed by atoms with Crippen LogP contribution >= 0.6 is 34.8 Å². The normalized spacial score (nSPS) is 14.6. The molecule has 0 amide bonds. The Morgan fingerprint density at radius 3 is 2.36 bits per heavy atom. The van der Waals surface area contributed by atoms with Crippen molar-refractivity contribution >= 4 is 46.2 Å². The molecule has 0 bridgehead atoms. The summed E-state index contributed by atoms with van der Waals surface area (Å²) < 4.78 is 0. The highest BCUT2D eigenvalue weighted by molar-refractivity contribution is 6.34. The number of aryl methyl sites for hydroxylation is 1. The van der Waals surface area contributed by atoms with Crippen molar-refractivity contribution in [2.45, 2.75) is 39.5 Å². The Morgan fingerprint density at radius 2 is 1.68 bits per heavy atom. The van der Waals surface area contributed by atoms with Crippen LogP contribution in [0.5, 0.6) is 0 Å². The van der Waals surface area contributed by atoms with E-state index in [1.54, 1.807) is 6.07 Å². The predicted octanol–water partition coefficient (Wildman–Crippen LogP) is 7.57. The van der Waals surface area contributed by atoms with E-state index < -0.39 is 0 Å². The second-order valence-electron chi connectivity index (χ2n) is 7.15. The summed E-state index contributed by atoms with van der Waals surface area (Å²) in [6.07, 6.45) is 4.03. The Bertz CT molecular complexity index is 775. The summed E-state index contributed by atoms with van der Waals surface area (Å²) >= 11 is 18.3. The zero-order chi connectivity index (χ0) is 18.0. The zero-order valence-electron chi connectivity index (χ0n) is 14.5. The van der Waals surface area contributed by atoms with Gasteiger partial charge in [-0.2, -0.15) is 0 Å². The summed E-state index contributed by atoms with van der Waals surface area (Å²) in [7, 11) is 0. The van der Waals surface area contributed by atoms with Crippen LogP contribution < -0.4 is 0 Å². The minimum absolute atomic E-state index is 0.585. The highest BCUT2D eigenvalue weighted by atomic mass is 35.5. The van der Waals surface area contributed by atoms with Crippen LogP contribution in [0.3, 0.4) is 0 Å². The summed E-state index contributed by atoms with van der Waals surface area (Å²) in [6, 6.07) is 11.8. The third kappa shape index (κ3) is 5.00. The van der Waals surface area contributed by atoms with Gasteiger partial charge in [0.05, 0.1) is 5.69 Å². The van der Waals surface area contributed by atoms with Crippen molar-refractivity contribution in [3.63, 3.8) is 0 Å². The summed E-state index contributed by atoms with van der Waals surface area (Å²) in [4.78, 5) is 4.81. The molecule has 132 valence electrons. The van der Waals surface area contributed by atoms with Crippen LogP contribution in [-0.2, 0) is 12.8 Å². The Morgan fingerprint density at radius 1 is 0.960 bits per heavy atom. The molecule has 1 nitrogen and oxygen atoms in total. The van der Waals surface area contributed by atoms with Gasteiger partial charge in [0.25, 0.3) is 0 Å². The Balaban J connectivity index is 1.64. The fourth-order valence-corrected chi connectivity index (χ4v) is 4.20. The molecule has 1 aliphatic rings. The number of hydrogen-bond acceptors (Lipinski definition) is 1. The molecule has 2 aromatic carbocycles. The molecule has 1 heterocycles. The molecule has 0 spiro atoms. The lowest BCUT2D eigenvalue weighted by Crippen LogP contribution is -2.15. The van der Waals surface area contributed by atoms with Gasteiger partial charge in [0.2, 0.25) is 0 Å². The highest BCUT2D eigenvalue weighted by Crippen LogP contribution is 2.33. The van der Waals surface area contributed by atoms with Crippen LogP contribution in [0.1, 0.15) is 37.8 Å². The van der Waals surface area contributed by atoms with Gasteiger partial charge in [0.1, 0.15) is 0 Å². The summed E-state index contributed by atoms with van der Waals surface area (Å²) in [5.74, 6) is 1.19. The van der Waals surface area contributed by atoms with E-state index in [0.29, 0.717) is 21.9 Å². The number of benzene rings is 2. The average Bonchev–Trinajstić information content (AvgIpc) is 2.91. The van der Waals surface area contributed by atoms with E-state index >= 15 is 0 Å². The monoisotopic (exact) mass is 393 g/mol. The number of halogens is 3. The van der Waals surface area contributed by atoms with Crippen LogP contribution in [0.4, 0.5) is 5.69 Å². The smallest absolute Gasteiger partial charge is 0.0666 e. The van der Waals surface area contributed by atoms with Crippen molar-refractivity contribution < 1.29 is 0 Å². The molecule has 0 radical (unpaired) electrons. The molecule has 0 N–H and O–H groups in total. The molecule has 25 heavy (non-hydrogen) atoms. The lowest BCUT2D eigenvalue weighted by Gasteiger charge is -2.21. The summed E-state index contributed by atoms with van der Waals surface area (Å²) in [6.45, 7) is 4.57. The molecule has 3 rings (SSSR count). The largest absolute Gasteiger partial charge is 0.257 e. The van der Waals surface area contributed by atoms with Gasteiger partial charge in [-0.15, -0.1) is 0 Å². The third-order valence-electron chi connectivity index (χ3n) is 4.88.